The second-order valence-electron chi connectivity index (χ2n) is 6.06. The predicted octanol–water partition coefficient (Wildman–Crippen LogP) is 2.57. The molecule has 0 fully saturated rings. The number of carbonyl (C=O) groups is 2. The number of hydrogen-bond donors (Lipinski definition) is 1. The van der Waals surface area contributed by atoms with Crippen LogP contribution in [0, 0.1) is 12.7 Å². The Bertz CT molecular complexity index is 974. The topological polar surface area (TPSA) is 92.8 Å². The first-order chi connectivity index (χ1) is 13.1. The van der Waals surface area contributed by atoms with Gasteiger partial charge in [0.15, 0.2) is 0 Å². The Kier molecular flexibility index (Phi) is 6.74. The fourth-order valence-corrected chi connectivity index (χ4v) is 3.52. The number of nitrogens with zero attached hydrogens (tertiary/aromatic N) is 1. The lowest BCUT2D eigenvalue weighted by Gasteiger charge is -2.16. The van der Waals surface area contributed by atoms with Crippen molar-refractivity contribution in [2.24, 2.45) is 0 Å². The van der Waals surface area contributed by atoms with Gasteiger partial charge in [-0.2, -0.15) is 0 Å². The summed E-state index contributed by atoms with van der Waals surface area (Å²) in [4.78, 5) is 24.9. The second kappa shape index (κ2) is 8.83. The Balaban J connectivity index is 2.10. The van der Waals surface area contributed by atoms with Gasteiger partial charge in [-0.15, -0.1) is 0 Å². The number of amides is 1. The van der Waals surface area contributed by atoms with Crippen molar-refractivity contribution in [2.45, 2.75) is 18.7 Å². The van der Waals surface area contributed by atoms with Gasteiger partial charge in [-0.05, 0) is 61.9 Å². The number of carbonyl (C=O) groups excluding carboxylic acids is 2. The van der Waals surface area contributed by atoms with E-state index in [2.05, 4.69) is 4.72 Å². The largest absolute Gasteiger partial charge is 0.465 e. The fraction of sp³-hybridized carbons (Fsp3) is 0.263. The molecule has 1 N–H and O–H groups in total. The molecule has 2 rings (SSSR count). The van der Waals surface area contributed by atoms with Gasteiger partial charge in [-0.1, -0.05) is 0 Å². The van der Waals surface area contributed by atoms with Crippen molar-refractivity contribution >= 4 is 27.6 Å². The van der Waals surface area contributed by atoms with E-state index in [1.165, 1.54) is 55.3 Å². The van der Waals surface area contributed by atoms with E-state index in [0.29, 0.717) is 0 Å². The third-order valence-electron chi connectivity index (χ3n) is 3.84. The van der Waals surface area contributed by atoms with Crippen molar-refractivity contribution in [1.29, 1.82) is 0 Å². The summed E-state index contributed by atoms with van der Waals surface area (Å²) in [5.41, 5.74) is 0.743. The molecule has 0 aliphatic carbocycles. The number of ether oxygens (including phenoxy) is 1. The number of hydrogen-bond acceptors (Lipinski definition) is 5. The first-order valence-corrected chi connectivity index (χ1v) is 9.92. The molecule has 150 valence electrons. The van der Waals surface area contributed by atoms with Crippen LogP contribution in [0.1, 0.15) is 22.8 Å². The van der Waals surface area contributed by atoms with Crippen LogP contribution >= 0.6 is 0 Å². The van der Waals surface area contributed by atoms with Crippen molar-refractivity contribution in [3.63, 3.8) is 0 Å². The van der Waals surface area contributed by atoms with Crippen molar-refractivity contribution in [1.82, 2.24) is 4.90 Å². The molecule has 7 nitrogen and oxygen atoms in total. The minimum absolute atomic E-state index is 0.0688. The van der Waals surface area contributed by atoms with Gasteiger partial charge >= 0.3 is 5.97 Å². The van der Waals surface area contributed by atoms with Crippen LogP contribution in [-0.2, 0) is 19.6 Å². The SMILES string of the molecule is CCOC(=O)CN(C)C(=O)c1ccc(NS(=O)(=O)c2ccc(F)c(C)c2)cc1. The standard InChI is InChI=1S/C19H21FN2O5S/c1-4-27-18(23)12-22(3)19(24)14-5-7-15(8-6-14)21-28(25,26)16-9-10-17(20)13(2)11-16/h5-11,21H,4,12H2,1-3H3. The van der Waals surface area contributed by atoms with Crippen LogP contribution in [0.15, 0.2) is 47.4 Å². The number of halogens is 1. The van der Waals surface area contributed by atoms with E-state index in [9.17, 15) is 22.4 Å². The van der Waals surface area contributed by atoms with E-state index in [4.69, 9.17) is 4.74 Å². The number of likely N-dealkylation sites (N-methyl/N-ethyl adjacent to an activating group) is 1. The zero-order valence-corrected chi connectivity index (χ0v) is 16.5. The molecule has 0 aliphatic rings. The van der Waals surface area contributed by atoms with Gasteiger partial charge in [0.25, 0.3) is 15.9 Å². The number of aryl methyl sites for hydroxylation is 1. The molecule has 9 heteroatoms. The quantitative estimate of drug-likeness (QED) is 0.711. The van der Waals surface area contributed by atoms with Crippen LogP contribution in [0.2, 0.25) is 0 Å². The van der Waals surface area contributed by atoms with Crippen LogP contribution in [0.4, 0.5) is 10.1 Å². The lowest BCUT2D eigenvalue weighted by molar-refractivity contribution is -0.143. The van der Waals surface area contributed by atoms with Crippen molar-refractivity contribution in [3.8, 4) is 0 Å². The van der Waals surface area contributed by atoms with Gasteiger partial charge < -0.3 is 9.64 Å². The third-order valence-corrected chi connectivity index (χ3v) is 5.22. The van der Waals surface area contributed by atoms with Gasteiger partial charge in [0.1, 0.15) is 12.4 Å². The molecule has 2 aromatic carbocycles. The molecule has 0 saturated heterocycles. The molecule has 0 heterocycles. The molecule has 28 heavy (non-hydrogen) atoms. The van der Waals surface area contributed by atoms with Crippen LogP contribution < -0.4 is 4.72 Å². The zero-order chi connectivity index (χ0) is 20.9. The maximum atomic E-state index is 13.3. The summed E-state index contributed by atoms with van der Waals surface area (Å²) in [6.07, 6.45) is 0. The Morgan fingerprint density at radius 1 is 1.14 bits per heavy atom. The van der Waals surface area contributed by atoms with Gasteiger partial charge in [0.2, 0.25) is 0 Å². The number of benzene rings is 2. The highest BCUT2D eigenvalue weighted by Crippen LogP contribution is 2.19. The smallest absolute Gasteiger partial charge is 0.325 e. The molecule has 0 saturated carbocycles. The van der Waals surface area contributed by atoms with Crippen molar-refractivity contribution in [3.05, 3.63) is 59.4 Å². The normalized spacial score (nSPS) is 11.0. The first kappa shape index (κ1) is 21.4. The minimum Gasteiger partial charge on any atom is -0.465 e. The summed E-state index contributed by atoms with van der Waals surface area (Å²) in [7, 11) is -2.43. The molecule has 0 unspecified atom stereocenters. The van der Waals surface area contributed by atoms with Crippen molar-refractivity contribution in [2.75, 3.05) is 24.9 Å². The Hall–Kier alpha value is -2.94. The Labute approximate surface area is 163 Å². The van der Waals surface area contributed by atoms with E-state index >= 15 is 0 Å². The summed E-state index contributed by atoms with van der Waals surface area (Å²) < 4.78 is 45.3. The Morgan fingerprint density at radius 2 is 1.79 bits per heavy atom. The summed E-state index contributed by atoms with van der Waals surface area (Å²) in [6, 6.07) is 9.24. The minimum atomic E-state index is -3.90. The average molecular weight is 408 g/mol. The molecule has 0 atom stereocenters. The Morgan fingerprint density at radius 3 is 2.36 bits per heavy atom. The zero-order valence-electron chi connectivity index (χ0n) is 15.7. The first-order valence-electron chi connectivity index (χ1n) is 8.44. The van der Waals surface area contributed by atoms with Crippen LogP contribution in [0.3, 0.4) is 0 Å². The van der Waals surface area contributed by atoms with E-state index in [0.717, 1.165) is 6.07 Å². The summed E-state index contributed by atoms with van der Waals surface area (Å²) >= 11 is 0. The molecule has 1 amide bonds. The van der Waals surface area contributed by atoms with E-state index in [1.54, 1.807) is 6.92 Å². The maximum absolute atomic E-state index is 13.3. The predicted molar refractivity (Wildman–Crippen MR) is 102 cm³/mol. The summed E-state index contributed by atoms with van der Waals surface area (Å²) in [5, 5.41) is 0. The van der Waals surface area contributed by atoms with Crippen LogP contribution in [-0.4, -0.2) is 45.4 Å². The number of rotatable bonds is 7. The number of esters is 1. The number of sulfonamides is 1. The van der Waals surface area contributed by atoms with Gasteiger partial charge in [0.05, 0.1) is 11.5 Å². The van der Waals surface area contributed by atoms with Gasteiger partial charge in [0, 0.05) is 18.3 Å². The fourth-order valence-electron chi connectivity index (χ4n) is 2.37. The highest BCUT2D eigenvalue weighted by Gasteiger charge is 2.18. The average Bonchev–Trinajstić information content (AvgIpc) is 2.63. The molecule has 0 radical (unpaired) electrons. The highest BCUT2D eigenvalue weighted by atomic mass is 32.2. The molecule has 0 aromatic heterocycles. The molecule has 2 aromatic rings. The molecular formula is C19H21FN2O5S. The summed E-state index contributed by atoms with van der Waals surface area (Å²) in [6.45, 7) is 3.18. The third kappa shape index (κ3) is 5.29. The lowest BCUT2D eigenvalue weighted by Crippen LogP contribution is -2.33. The van der Waals surface area contributed by atoms with E-state index in [-0.39, 0.29) is 34.9 Å². The lowest BCUT2D eigenvalue weighted by atomic mass is 10.2. The van der Waals surface area contributed by atoms with Gasteiger partial charge in [-0.25, -0.2) is 12.8 Å². The number of anilines is 1. The second-order valence-corrected chi connectivity index (χ2v) is 7.74. The van der Waals surface area contributed by atoms with E-state index < -0.39 is 27.7 Å². The summed E-state index contributed by atoms with van der Waals surface area (Å²) in [5.74, 6) is -1.41. The van der Waals surface area contributed by atoms with Crippen LogP contribution in [0.5, 0.6) is 0 Å². The molecule has 0 spiro atoms. The van der Waals surface area contributed by atoms with Gasteiger partial charge in [-0.3, -0.25) is 14.3 Å². The monoisotopic (exact) mass is 408 g/mol. The number of nitrogens with one attached hydrogen (secondary N) is 1. The molecular weight excluding hydrogens is 387 g/mol. The van der Waals surface area contributed by atoms with Crippen LogP contribution in [0.25, 0.3) is 0 Å². The molecule has 0 aliphatic heterocycles. The highest BCUT2D eigenvalue weighted by molar-refractivity contribution is 7.92. The van der Waals surface area contributed by atoms with Crippen molar-refractivity contribution < 1.29 is 27.1 Å². The van der Waals surface area contributed by atoms with E-state index in [1.807, 2.05) is 0 Å². The molecule has 0 bridgehead atoms. The maximum Gasteiger partial charge on any atom is 0.325 e.